The molecule has 0 N–H and O–H groups in total. The first-order chi connectivity index (χ1) is 9.17. The van der Waals surface area contributed by atoms with Crippen molar-refractivity contribution >= 4 is 15.9 Å². The normalized spacial score (nSPS) is 10.9. The van der Waals surface area contributed by atoms with E-state index in [1.807, 2.05) is 24.3 Å². The molecule has 0 nitrogen and oxygen atoms in total. The Labute approximate surface area is 120 Å². The molecule has 0 aromatic heterocycles. The molecule has 0 radical (unpaired) electrons. The summed E-state index contributed by atoms with van der Waals surface area (Å²) in [7, 11) is 0. The molecule has 2 aromatic carbocycles. The van der Waals surface area contributed by atoms with E-state index in [2.05, 4.69) is 15.9 Å². The van der Waals surface area contributed by atoms with Crippen LogP contribution < -0.4 is 0 Å². The second-order valence-electron chi connectivity index (χ2n) is 4.68. The van der Waals surface area contributed by atoms with E-state index in [1.165, 1.54) is 24.3 Å². The van der Waals surface area contributed by atoms with E-state index in [-0.39, 0.29) is 11.6 Å². The zero-order valence-corrected chi connectivity index (χ0v) is 12.0. The quantitative estimate of drug-likeness (QED) is 0.695. The van der Waals surface area contributed by atoms with Crippen LogP contribution in [0.2, 0.25) is 0 Å². The summed E-state index contributed by atoms with van der Waals surface area (Å²) < 4.78 is 25.7. The summed E-state index contributed by atoms with van der Waals surface area (Å²) >= 11 is 3.51. The first kappa shape index (κ1) is 14.2. The Kier molecular flexibility index (Phi) is 5.08. The molecular formula is C16H15BrF2. The molecule has 2 aromatic rings. The molecule has 19 heavy (non-hydrogen) atoms. The van der Waals surface area contributed by atoms with Gasteiger partial charge in [0.05, 0.1) is 0 Å². The van der Waals surface area contributed by atoms with Gasteiger partial charge >= 0.3 is 0 Å². The van der Waals surface area contributed by atoms with E-state index in [0.717, 1.165) is 29.3 Å². The fourth-order valence-electron chi connectivity index (χ4n) is 2.09. The van der Waals surface area contributed by atoms with Gasteiger partial charge in [-0.1, -0.05) is 40.2 Å². The van der Waals surface area contributed by atoms with Gasteiger partial charge in [-0.25, -0.2) is 8.78 Å². The molecule has 2 rings (SSSR count). The fraction of sp³-hybridized carbons (Fsp3) is 0.250. The van der Waals surface area contributed by atoms with Crippen molar-refractivity contribution in [1.29, 1.82) is 0 Å². The Morgan fingerprint density at radius 2 is 1.11 bits per heavy atom. The van der Waals surface area contributed by atoms with Gasteiger partial charge in [0.25, 0.3) is 0 Å². The van der Waals surface area contributed by atoms with E-state index < -0.39 is 0 Å². The van der Waals surface area contributed by atoms with Gasteiger partial charge < -0.3 is 0 Å². The standard InChI is InChI=1S/C16H15BrF2/c17-11-14(9-12-1-5-15(18)6-2-12)10-13-3-7-16(19)8-4-13/h1-8,14H,9-11H2. The summed E-state index contributed by atoms with van der Waals surface area (Å²) in [6.45, 7) is 0. The lowest BCUT2D eigenvalue weighted by atomic mass is 9.94. The van der Waals surface area contributed by atoms with Gasteiger partial charge in [-0.05, 0) is 54.2 Å². The van der Waals surface area contributed by atoms with E-state index in [1.54, 1.807) is 0 Å². The average Bonchev–Trinajstić information content (AvgIpc) is 2.43. The Bertz CT molecular complexity index is 458. The zero-order valence-electron chi connectivity index (χ0n) is 10.5. The van der Waals surface area contributed by atoms with Gasteiger partial charge in [-0.15, -0.1) is 0 Å². The minimum Gasteiger partial charge on any atom is -0.207 e. The minimum atomic E-state index is -0.210. The number of hydrogen-bond acceptors (Lipinski definition) is 0. The lowest BCUT2D eigenvalue weighted by Gasteiger charge is -2.14. The van der Waals surface area contributed by atoms with Crippen molar-refractivity contribution in [3.8, 4) is 0 Å². The van der Waals surface area contributed by atoms with Crippen molar-refractivity contribution < 1.29 is 8.78 Å². The molecule has 3 heteroatoms. The van der Waals surface area contributed by atoms with Crippen LogP contribution in [0.4, 0.5) is 8.78 Å². The smallest absolute Gasteiger partial charge is 0.123 e. The molecule has 0 fully saturated rings. The molecule has 0 bridgehead atoms. The highest BCUT2D eigenvalue weighted by Gasteiger charge is 2.10. The summed E-state index contributed by atoms with van der Waals surface area (Å²) in [6, 6.07) is 13.2. The third-order valence-corrected chi connectivity index (χ3v) is 4.01. The first-order valence-corrected chi connectivity index (χ1v) is 7.34. The Morgan fingerprint density at radius 3 is 1.42 bits per heavy atom. The summed E-state index contributed by atoms with van der Waals surface area (Å²) in [5.41, 5.74) is 2.24. The maximum atomic E-state index is 12.8. The topological polar surface area (TPSA) is 0 Å². The summed E-state index contributed by atoms with van der Waals surface area (Å²) in [6.07, 6.45) is 1.76. The monoisotopic (exact) mass is 324 g/mol. The van der Waals surface area contributed by atoms with Crippen LogP contribution in [-0.4, -0.2) is 5.33 Å². The summed E-state index contributed by atoms with van der Waals surface area (Å²) in [5, 5.41) is 0.863. The average molecular weight is 325 g/mol. The third-order valence-electron chi connectivity index (χ3n) is 3.09. The van der Waals surface area contributed by atoms with Crippen molar-refractivity contribution in [2.75, 3.05) is 5.33 Å². The second kappa shape index (κ2) is 6.80. The highest BCUT2D eigenvalue weighted by Crippen LogP contribution is 2.17. The maximum absolute atomic E-state index is 12.8. The van der Waals surface area contributed by atoms with Crippen LogP contribution in [0.15, 0.2) is 48.5 Å². The predicted octanol–water partition coefficient (Wildman–Crippen LogP) is 4.76. The zero-order chi connectivity index (χ0) is 13.7. The SMILES string of the molecule is Fc1ccc(CC(CBr)Cc2ccc(F)cc2)cc1. The van der Waals surface area contributed by atoms with Crippen LogP contribution in [-0.2, 0) is 12.8 Å². The van der Waals surface area contributed by atoms with Crippen LogP contribution in [0, 0.1) is 17.6 Å². The molecule has 0 aliphatic rings. The minimum absolute atomic E-state index is 0.210. The summed E-state index contributed by atoms with van der Waals surface area (Å²) in [5.74, 6) is -0.00808. The molecule has 0 saturated heterocycles. The van der Waals surface area contributed by atoms with Crippen LogP contribution in [0.25, 0.3) is 0 Å². The van der Waals surface area contributed by atoms with E-state index in [4.69, 9.17) is 0 Å². The summed E-state index contributed by atoms with van der Waals surface area (Å²) in [4.78, 5) is 0. The molecule has 0 amide bonds. The van der Waals surface area contributed by atoms with Crippen LogP contribution >= 0.6 is 15.9 Å². The first-order valence-electron chi connectivity index (χ1n) is 6.22. The second-order valence-corrected chi connectivity index (χ2v) is 5.33. The largest absolute Gasteiger partial charge is 0.207 e. The fourth-order valence-corrected chi connectivity index (χ4v) is 2.55. The van der Waals surface area contributed by atoms with Crippen molar-refractivity contribution in [1.82, 2.24) is 0 Å². The lowest BCUT2D eigenvalue weighted by Crippen LogP contribution is -2.10. The number of rotatable bonds is 5. The molecule has 0 spiro atoms. The van der Waals surface area contributed by atoms with Gasteiger partial charge in [0, 0.05) is 5.33 Å². The highest BCUT2D eigenvalue weighted by atomic mass is 79.9. The van der Waals surface area contributed by atoms with Crippen LogP contribution in [0.3, 0.4) is 0 Å². The van der Waals surface area contributed by atoms with E-state index >= 15 is 0 Å². The number of alkyl halides is 1. The van der Waals surface area contributed by atoms with Crippen molar-refractivity contribution in [3.63, 3.8) is 0 Å². The van der Waals surface area contributed by atoms with Gasteiger partial charge in [0.15, 0.2) is 0 Å². The van der Waals surface area contributed by atoms with Gasteiger partial charge in [0.2, 0.25) is 0 Å². The maximum Gasteiger partial charge on any atom is 0.123 e. The molecule has 0 heterocycles. The number of hydrogen-bond donors (Lipinski definition) is 0. The van der Waals surface area contributed by atoms with Gasteiger partial charge in [0.1, 0.15) is 11.6 Å². The molecule has 0 unspecified atom stereocenters. The Hall–Kier alpha value is -1.22. The van der Waals surface area contributed by atoms with E-state index in [0.29, 0.717) is 5.92 Å². The molecule has 0 saturated carbocycles. The van der Waals surface area contributed by atoms with Crippen molar-refractivity contribution in [2.45, 2.75) is 12.8 Å². The van der Waals surface area contributed by atoms with E-state index in [9.17, 15) is 8.78 Å². The molecular weight excluding hydrogens is 310 g/mol. The van der Waals surface area contributed by atoms with Crippen LogP contribution in [0.5, 0.6) is 0 Å². The molecule has 0 aliphatic carbocycles. The van der Waals surface area contributed by atoms with Crippen molar-refractivity contribution in [2.24, 2.45) is 5.92 Å². The van der Waals surface area contributed by atoms with Gasteiger partial charge in [-0.2, -0.15) is 0 Å². The van der Waals surface area contributed by atoms with Crippen molar-refractivity contribution in [3.05, 3.63) is 71.3 Å². The number of halogens is 3. The van der Waals surface area contributed by atoms with Gasteiger partial charge in [-0.3, -0.25) is 0 Å². The molecule has 0 atom stereocenters. The third kappa shape index (κ3) is 4.43. The highest BCUT2D eigenvalue weighted by molar-refractivity contribution is 9.09. The Morgan fingerprint density at radius 1 is 0.737 bits per heavy atom. The lowest BCUT2D eigenvalue weighted by molar-refractivity contribution is 0.584. The molecule has 0 aliphatic heterocycles. The Balaban J connectivity index is 2.00. The predicted molar refractivity (Wildman–Crippen MR) is 77.5 cm³/mol. The number of benzene rings is 2. The van der Waals surface area contributed by atoms with Crippen LogP contribution in [0.1, 0.15) is 11.1 Å². The molecule has 100 valence electrons.